The highest BCUT2D eigenvalue weighted by Gasteiger charge is 2.30. The van der Waals surface area contributed by atoms with Gasteiger partial charge in [-0.15, -0.1) is 0 Å². The topological polar surface area (TPSA) is 173 Å². The van der Waals surface area contributed by atoms with Gasteiger partial charge in [0.05, 0.1) is 28.5 Å². The summed E-state index contributed by atoms with van der Waals surface area (Å²) in [5, 5.41) is 19.4. The van der Waals surface area contributed by atoms with Crippen LogP contribution in [0.2, 0.25) is 5.02 Å². The van der Waals surface area contributed by atoms with Gasteiger partial charge < -0.3 is 20.9 Å². The normalized spacial score (nSPS) is 22.8. The molecule has 0 unspecified atom stereocenters. The van der Waals surface area contributed by atoms with E-state index in [0.29, 0.717) is 54.6 Å². The zero-order valence-corrected chi connectivity index (χ0v) is 22.8. The second-order valence-corrected chi connectivity index (χ2v) is 11.0. The second kappa shape index (κ2) is 11.3. The number of rotatable bonds is 7. The van der Waals surface area contributed by atoms with Gasteiger partial charge in [-0.2, -0.15) is 15.2 Å². The van der Waals surface area contributed by atoms with E-state index in [0.717, 1.165) is 31.7 Å². The first-order chi connectivity index (χ1) is 19.9. The molecule has 6 rings (SSSR count). The van der Waals surface area contributed by atoms with Gasteiger partial charge in [0.1, 0.15) is 11.3 Å². The van der Waals surface area contributed by atoms with Crippen LogP contribution in [0.4, 0.5) is 22.0 Å². The van der Waals surface area contributed by atoms with Crippen molar-refractivity contribution in [3.63, 3.8) is 0 Å². The summed E-state index contributed by atoms with van der Waals surface area (Å²) in [6.07, 6.45) is 9.29. The SMILES string of the molecule is N#Cc1cc(F)c(Nc2nc3cnc(NC4CCC(c5ncno5)CC4)nc3n2[C@H]2CC[C@H](C(N)=O)CC2)c(Cl)c1. The van der Waals surface area contributed by atoms with E-state index in [4.69, 9.17) is 32.1 Å². The Morgan fingerprint density at radius 3 is 2.56 bits per heavy atom. The van der Waals surface area contributed by atoms with Gasteiger partial charge in [-0.25, -0.2) is 14.4 Å². The average molecular weight is 579 g/mol. The number of hydrogen-bond acceptors (Lipinski definition) is 10. The lowest BCUT2D eigenvalue weighted by Gasteiger charge is -2.29. The fourth-order valence-electron chi connectivity index (χ4n) is 5.91. The number of hydrogen-bond donors (Lipinski definition) is 3. The van der Waals surface area contributed by atoms with E-state index in [1.54, 1.807) is 6.20 Å². The summed E-state index contributed by atoms with van der Waals surface area (Å²) < 4.78 is 22.1. The van der Waals surface area contributed by atoms with Crippen LogP contribution >= 0.6 is 11.6 Å². The number of nitrogens with two attached hydrogens (primary N) is 1. The summed E-state index contributed by atoms with van der Waals surface area (Å²) >= 11 is 6.34. The van der Waals surface area contributed by atoms with Crippen molar-refractivity contribution in [3.8, 4) is 6.07 Å². The Morgan fingerprint density at radius 2 is 1.90 bits per heavy atom. The van der Waals surface area contributed by atoms with Gasteiger partial charge in [-0.3, -0.25) is 9.36 Å². The van der Waals surface area contributed by atoms with E-state index in [1.165, 1.54) is 12.4 Å². The van der Waals surface area contributed by atoms with Gasteiger partial charge in [-0.1, -0.05) is 16.8 Å². The fraction of sp³-hybridized carbons (Fsp3) is 0.444. The summed E-state index contributed by atoms with van der Waals surface area (Å²) in [6.45, 7) is 0. The number of benzene rings is 1. The van der Waals surface area contributed by atoms with Crippen LogP contribution in [0.1, 0.15) is 74.8 Å². The predicted octanol–water partition coefficient (Wildman–Crippen LogP) is 4.97. The van der Waals surface area contributed by atoms with E-state index < -0.39 is 5.82 Å². The summed E-state index contributed by atoms with van der Waals surface area (Å²) in [4.78, 5) is 30.0. The van der Waals surface area contributed by atoms with Gasteiger partial charge in [0.15, 0.2) is 12.0 Å². The maximum Gasteiger partial charge on any atom is 0.229 e. The second-order valence-electron chi connectivity index (χ2n) is 10.6. The number of carbonyl (C=O) groups excluding carboxylic acids is 1. The standard InChI is InChI=1S/C27H28ClFN10O2/c28-19-9-14(11-30)10-20(29)22(19)37-27-36-21-12-32-26(35-17-5-1-16(2-6-17)25-33-13-34-41-25)38-24(21)39(27)18-7-3-15(4-8-18)23(31)40/h9-10,12-13,15-18H,1-8H2,(H2,31,40)(H,36,37)(H,32,35,38)/t15-,16?,17?,18-. The largest absolute Gasteiger partial charge is 0.369 e. The summed E-state index contributed by atoms with van der Waals surface area (Å²) in [5.74, 6) is 0.589. The number of fused-ring (bicyclic) bond motifs is 1. The van der Waals surface area contributed by atoms with Gasteiger partial charge >= 0.3 is 0 Å². The molecule has 1 amide bonds. The zero-order chi connectivity index (χ0) is 28.5. The molecule has 0 radical (unpaired) electrons. The zero-order valence-electron chi connectivity index (χ0n) is 22.1. The van der Waals surface area contributed by atoms with E-state index in [9.17, 15) is 9.18 Å². The van der Waals surface area contributed by atoms with Crippen molar-refractivity contribution < 1.29 is 13.7 Å². The van der Waals surface area contributed by atoms with Crippen LogP contribution in [0.25, 0.3) is 11.2 Å². The summed E-state index contributed by atoms with van der Waals surface area (Å²) in [7, 11) is 0. The van der Waals surface area contributed by atoms with Crippen LogP contribution in [-0.4, -0.2) is 41.6 Å². The molecule has 212 valence electrons. The van der Waals surface area contributed by atoms with Crippen molar-refractivity contribution in [2.45, 2.75) is 69.4 Å². The van der Waals surface area contributed by atoms with Crippen molar-refractivity contribution in [1.29, 1.82) is 5.26 Å². The smallest absolute Gasteiger partial charge is 0.229 e. The number of carbonyl (C=O) groups is 1. The van der Waals surface area contributed by atoms with Crippen molar-refractivity contribution in [3.05, 3.63) is 47.0 Å². The lowest BCUT2D eigenvalue weighted by atomic mass is 9.85. The highest BCUT2D eigenvalue weighted by Crippen LogP contribution is 2.39. The third-order valence-electron chi connectivity index (χ3n) is 8.09. The number of nitrogens with one attached hydrogen (secondary N) is 2. The van der Waals surface area contributed by atoms with Crippen LogP contribution in [0, 0.1) is 23.1 Å². The molecule has 2 saturated carbocycles. The van der Waals surface area contributed by atoms with Crippen LogP contribution < -0.4 is 16.4 Å². The first kappa shape index (κ1) is 26.9. The van der Waals surface area contributed by atoms with Gasteiger partial charge in [-0.05, 0) is 63.5 Å². The highest BCUT2D eigenvalue weighted by atomic mass is 35.5. The Morgan fingerprint density at radius 1 is 1.12 bits per heavy atom. The molecule has 12 nitrogen and oxygen atoms in total. The third-order valence-corrected chi connectivity index (χ3v) is 8.39. The molecule has 0 atom stereocenters. The molecule has 2 fully saturated rings. The van der Waals surface area contributed by atoms with Crippen LogP contribution in [0.5, 0.6) is 0 Å². The van der Waals surface area contributed by atoms with Gasteiger partial charge in [0.25, 0.3) is 0 Å². The fourth-order valence-corrected chi connectivity index (χ4v) is 6.17. The van der Waals surface area contributed by atoms with Crippen molar-refractivity contribution in [1.82, 2.24) is 29.7 Å². The number of imidazole rings is 1. The molecule has 2 aliphatic carbocycles. The molecule has 2 aliphatic rings. The number of amides is 1. The molecular formula is C27H28ClFN10O2. The van der Waals surface area contributed by atoms with Crippen molar-refractivity contribution in [2.24, 2.45) is 11.7 Å². The minimum atomic E-state index is -0.672. The quantitative estimate of drug-likeness (QED) is 0.271. The highest BCUT2D eigenvalue weighted by molar-refractivity contribution is 6.33. The Labute approximate surface area is 239 Å². The van der Waals surface area contributed by atoms with E-state index >= 15 is 0 Å². The van der Waals surface area contributed by atoms with E-state index in [-0.39, 0.29) is 46.1 Å². The molecule has 0 aliphatic heterocycles. The van der Waals surface area contributed by atoms with Gasteiger partial charge in [0.2, 0.25) is 23.7 Å². The Bertz CT molecular complexity index is 1580. The molecule has 0 spiro atoms. The molecule has 3 heterocycles. The lowest BCUT2D eigenvalue weighted by molar-refractivity contribution is -0.122. The van der Waals surface area contributed by atoms with Crippen molar-refractivity contribution in [2.75, 3.05) is 10.6 Å². The summed E-state index contributed by atoms with van der Waals surface area (Å²) in [6, 6.07) is 4.53. The number of halogens is 2. The lowest BCUT2D eigenvalue weighted by Crippen LogP contribution is -2.29. The Balaban J connectivity index is 1.29. The van der Waals surface area contributed by atoms with Crippen LogP contribution in [0.15, 0.2) is 29.2 Å². The number of nitriles is 1. The number of primary amides is 1. The Kier molecular flexibility index (Phi) is 7.40. The minimum Gasteiger partial charge on any atom is -0.369 e. The van der Waals surface area contributed by atoms with Crippen LogP contribution in [0.3, 0.4) is 0 Å². The average Bonchev–Trinajstić information content (AvgIpc) is 3.63. The first-order valence-corrected chi connectivity index (χ1v) is 14.0. The monoisotopic (exact) mass is 578 g/mol. The number of nitrogens with zero attached hydrogens (tertiary/aromatic N) is 7. The summed E-state index contributed by atoms with van der Waals surface area (Å²) in [5.41, 5.74) is 6.80. The Hall–Kier alpha value is -4.31. The predicted molar refractivity (Wildman–Crippen MR) is 148 cm³/mol. The molecule has 14 heteroatoms. The van der Waals surface area contributed by atoms with E-state index in [2.05, 4.69) is 30.7 Å². The van der Waals surface area contributed by atoms with Crippen LogP contribution in [-0.2, 0) is 4.79 Å². The molecule has 0 saturated heterocycles. The molecule has 0 bridgehead atoms. The molecule has 4 N–H and O–H groups in total. The molecule has 4 aromatic rings. The minimum absolute atomic E-state index is 0.0114. The van der Waals surface area contributed by atoms with Gasteiger partial charge in [0, 0.05) is 23.9 Å². The molecule has 3 aromatic heterocycles. The number of aromatic nitrogens is 6. The maximum atomic E-state index is 15.0. The molecule has 41 heavy (non-hydrogen) atoms. The van der Waals surface area contributed by atoms with Crippen molar-refractivity contribution >= 4 is 46.3 Å². The molecular weight excluding hydrogens is 551 g/mol. The van der Waals surface area contributed by atoms with E-state index in [1.807, 2.05) is 10.6 Å². The molecule has 1 aromatic carbocycles. The first-order valence-electron chi connectivity index (χ1n) is 13.6. The maximum absolute atomic E-state index is 15.0. The third kappa shape index (κ3) is 5.52. The number of anilines is 3.